The molecule has 1 N–H and O–H groups in total. The van der Waals surface area contributed by atoms with E-state index in [4.69, 9.17) is 4.74 Å². The van der Waals surface area contributed by atoms with Gasteiger partial charge >= 0.3 is 0 Å². The lowest BCUT2D eigenvalue weighted by Crippen LogP contribution is -2.29. The molecule has 3 aromatic rings. The molecule has 0 saturated carbocycles. The zero-order chi connectivity index (χ0) is 22.7. The van der Waals surface area contributed by atoms with Crippen molar-refractivity contribution < 1.29 is 19.4 Å². The highest BCUT2D eigenvalue weighted by Crippen LogP contribution is 2.39. The zero-order valence-electron chi connectivity index (χ0n) is 17.8. The van der Waals surface area contributed by atoms with Crippen LogP contribution in [0.3, 0.4) is 0 Å². The molecule has 1 atom stereocenters. The van der Waals surface area contributed by atoms with E-state index in [1.165, 1.54) is 4.90 Å². The maximum Gasteiger partial charge on any atom is 0.296 e. The van der Waals surface area contributed by atoms with Crippen molar-refractivity contribution >= 4 is 17.4 Å². The van der Waals surface area contributed by atoms with Crippen molar-refractivity contribution in [2.75, 3.05) is 0 Å². The van der Waals surface area contributed by atoms with Crippen molar-refractivity contribution in [3.05, 3.63) is 95.6 Å². The van der Waals surface area contributed by atoms with E-state index < -0.39 is 17.7 Å². The molecule has 1 amide bonds. The van der Waals surface area contributed by atoms with Gasteiger partial charge in [-0.15, -0.1) is 0 Å². The predicted octanol–water partition coefficient (Wildman–Crippen LogP) is 3.89. The third kappa shape index (κ3) is 4.23. The van der Waals surface area contributed by atoms with Gasteiger partial charge < -0.3 is 14.7 Å². The average molecular weight is 429 g/mol. The van der Waals surface area contributed by atoms with Crippen molar-refractivity contribution in [1.29, 1.82) is 0 Å². The number of nitrogens with zero attached hydrogens (tertiary/aromatic N) is 3. The fourth-order valence-corrected chi connectivity index (χ4v) is 3.67. The summed E-state index contributed by atoms with van der Waals surface area (Å²) in [5.41, 5.74) is 1.54. The van der Waals surface area contributed by atoms with E-state index in [0.29, 0.717) is 22.7 Å². The molecule has 7 heteroatoms. The summed E-state index contributed by atoms with van der Waals surface area (Å²) in [6.45, 7) is 3.96. The molecule has 0 aliphatic carbocycles. The number of aliphatic hydroxyl groups is 1. The Kier molecular flexibility index (Phi) is 5.98. The number of hydrogen-bond donors (Lipinski definition) is 1. The molecule has 1 saturated heterocycles. The average Bonchev–Trinajstić information content (AvgIpc) is 3.05. The number of pyridine rings is 2. The minimum absolute atomic E-state index is 0.00200. The van der Waals surface area contributed by atoms with Gasteiger partial charge in [-0.2, -0.15) is 0 Å². The predicted molar refractivity (Wildman–Crippen MR) is 119 cm³/mol. The monoisotopic (exact) mass is 429 g/mol. The van der Waals surface area contributed by atoms with Crippen molar-refractivity contribution in [2.45, 2.75) is 32.5 Å². The van der Waals surface area contributed by atoms with Crippen molar-refractivity contribution in [3.63, 3.8) is 0 Å². The molecule has 1 aliphatic heterocycles. The number of carbonyl (C=O) groups is 2. The standard InChI is InChI=1S/C25H23N3O4/c1-16(2)32-19-11-9-17(10-12-19)23(29)21-22(20-8-4-6-14-27-20)28(25(31)24(21)30)15-18-7-3-5-13-26-18/h3-14,16,22,29H,15H2,1-2H3/b23-21-. The van der Waals surface area contributed by atoms with Gasteiger partial charge in [-0.3, -0.25) is 19.6 Å². The molecule has 0 radical (unpaired) electrons. The van der Waals surface area contributed by atoms with Crippen LogP contribution in [0, 0.1) is 0 Å². The molecule has 1 aromatic carbocycles. The van der Waals surface area contributed by atoms with E-state index in [1.807, 2.05) is 19.9 Å². The number of benzene rings is 1. The lowest BCUT2D eigenvalue weighted by molar-refractivity contribution is -0.140. The highest BCUT2D eigenvalue weighted by molar-refractivity contribution is 6.46. The Labute approximate surface area is 186 Å². The number of Topliss-reactive ketones (excluding diaryl/α,β-unsaturated/α-hetero) is 1. The highest BCUT2D eigenvalue weighted by Gasteiger charge is 2.46. The Bertz CT molecular complexity index is 1140. The van der Waals surface area contributed by atoms with Crippen LogP contribution in [0.2, 0.25) is 0 Å². The first-order valence-electron chi connectivity index (χ1n) is 10.3. The number of aliphatic hydroxyl groups excluding tert-OH is 1. The van der Waals surface area contributed by atoms with Gasteiger partial charge in [0.25, 0.3) is 11.7 Å². The molecular formula is C25H23N3O4. The Morgan fingerprint density at radius 1 is 1.00 bits per heavy atom. The van der Waals surface area contributed by atoms with Gasteiger partial charge in [0.05, 0.1) is 29.6 Å². The van der Waals surface area contributed by atoms with Crippen LogP contribution in [0.4, 0.5) is 0 Å². The fraction of sp³-hybridized carbons (Fsp3) is 0.200. The van der Waals surface area contributed by atoms with Gasteiger partial charge in [0.15, 0.2) is 0 Å². The van der Waals surface area contributed by atoms with E-state index in [1.54, 1.807) is 67.0 Å². The Morgan fingerprint density at radius 2 is 1.69 bits per heavy atom. The first-order chi connectivity index (χ1) is 15.5. The number of rotatable bonds is 6. The van der Waals surface area contributed by atoms with Gasteiger partial charge in [-0.1, -0.05) is 12.1 Å². The maximum atomic E-state index is 13.0. The summed E-state index contributed by atoms with van der Waals surface area (Å²) in [7, 11) is 0. The van der Waals surface area contributed by atoms with Crippen molar-refractivity contribution in [3.8, 4) is 5.75 Å². The summed E-state index contributed by atoms with van der Waals surface area (Å²) in [4.78, 5) is 36.0. The van der Waals surface area contributed by atoms with E-state index >= 15 is 0 Å². The largest absolute Gasteiger partial charge is 0.507 e. The minimum atomic E-state index is -0.829. The Morgan fingerprint density at radius 3 is 2.28 bits per heavy atom. The molecule has 1 aliphatic rings. The van der Waals surface area contributed by atoms with Crippen LogP contribution in [0.5, 0.6) is 5.75 Å². The molecular weight excluding hydrogens is 406 g/mol. The van der Waals surface area contributed by atoms with Gasteiger partial charge in [0.2, 0.25) is 0 Å². The molecule has 162 valence electrons. The Hall–Kier alpha value is -4.00. The molecule has 2 aromatic heterocycles. The molecule has 3 heterocycles. The number of aromatic nitrogens is 2. The molecule has 1 unspecified atom stereocenters. The number of ether oxygens (including phenoxy) is 1. The van der Waals surface area contributed by atoms with Crippen LogP contribution in [0.1, 0.15) is 36.8 Å². The number of amides is 1. The lowest BCUT2D eigenvalue weighted by atomic mass is 9.98. The summed E-state index contributed by atoms with van der Waals surface area (Å²) < 4.78 is 5.64. The van der Waals surface area contributed by atoms with Crippen LogP contribution >= 0.6 is 0 Å². The van der Waals surface area contributed by atoms with Crippen LogP contribution in [0.15, 0.2) is 78.6 Å². The van der Waals surface area contributed by atoms with Crippen LogP contribution in [0.25, 0.3) is 5.76 Å². The van der Waals surface area contributed by atoms with E-state index in [-0.39, 0.29) is 24.0 Å². The topological polar surface area (TPSA) is 92.6 Å². The van der Waals surface area contributed by atoms with E-state index in [9.17, 15) is 14.7 Å². The summed E-state index contributed by atoms with van der Waals surface area (Å²) in [6.07, 6.45) is 3.23. The summed E-state index contributed by atoms with van der Waals surface area (Å²) in [5.74, 6) is -1.06. The molecule has 32 heavy (non-hydrogen) atoms. The third-order valence-corrected chi connectivity index (χ3v) is 5.07. The molecule has 7 nitrogen and oxygen atoms in total. The summed E-state index contributed by atoms with van der Waals surface area (Å²) in [5, 5.41) is 11.1. The molecule has 4 rings (SSSR count). The quantitative estimate of drug-likeness (QED) is 0.363. The summed E-state index contributed by atoms with van der Waals surface area (Å²) in [6, 6.07) is 16.6. The Balaban J connectivity index is 1.78. The zero-order valence-corrected chi connectivity index (χ0v) is 17.8. The first-order valence-corrected chi connectivity index (χ1v) is 10.3. The van der Waals surface area contributed by atoms with Crippen molar-refractivity contribution in [2.24, 2.45) is 0 Å². The van der Waals surface area contributed by atoms with Crippen molar-refractivity contribution in [1.82, 2.24) is 14.9 Å². The van der Waals surface area contributed by atoms with Gasteiger partial charge in [-0.05, 0) is 62.4 Å². The van der Waals surface area contributed by atoms with Crippen LogP contribution < -0.4 is 4.74 Å². The van der Waals surface area contributed by atoms with Gasteiger partial charge in [0, 0.05) is 18.0 Å². The lowest BCUT2D eigenvalue weighted by Gasteiger charge is -2.24. The fourth-order valence-electron chi connectivity index (χ4n) is 3.67. The highest BCUT2D eigenvalue weighted by atomic mass is 16.5. The normalized spacial score (nSPS) is 17.7. The molecule has 0 bridgehead atoms. The number of hydrogen-bond acceptors (Lipinski definition) is 6. The van der Waals surface area contributed by atoms with E-state index in [0.717, 1.165) is 0 Å². The smallest absolute Gasteiger partial charge is 0.296 e. The third-order valence-electron chi connectivity index (χ3n) is 5.07. The van der Waals surface area contributed by atoms with E-state index in [2.05, 4.69) is 9.97 Å². The van der Waals surface area contributed by atoms with Crippen LogP contribution in [-0.4, -0.2) is 37.8 Å². The SMILES string of the molecule is CC(C)Oc1ccc(/C(O)=C2/C(=O)C(=O)N(Cc3ccccn3)C2c2ccccn2)cc1. The second-order valence-electron chi connectivity index (χ2n) is 7.69. The second-order valence-corrected chi connectivity index (χ2v) is 7.69. The second kappa shape index (κ2) is 9.01. The molecule has 0 spiro atoms. The molecule has 1 fully saturated rings. The summed E-state index contributed by atoms with van der Waals surface area (Å²) >= 11 is 0. The van der Waals surface area contributed by atoms with Crippen LogP contribution in [-0.2, 0) is 16.1 Å². The van der Waals surface area contributed by atoms with Gasteiger partial charge in [-0.25, -0.2) is 0 Å². The number of carbonyl (C=O) groups excluding carboxylic acids is 2. The minimum Gasteiger partial charge on any atom is -0.507 e. The number of likely N-dealkylation sites (tertiary alicyclic amines) is 1. The van der Waals surface area contributed by atoms with Gasteiger partial charge in [0.1, 0.15) is 17.6 Å². The first kappa shape index (κ1) is 21.2. The maximum absolute atomic E-state index is 13.0. The number of ketones is 1.